The number of nitrogens with one attached hydrogen (secondary N) is 1. The molecule has 1 fully saturated rings. The molecule has 3 rings (SSSR count). The molecule has 0 spiro atoms. The topological polar surface area (TPSA) is 24.9 Å². The second-order valence-corrected chi connectivity index (χ2v) is 6.43. The molecule has 1 aliphatic carbocycles. The average Bonchev–Trinajstić information content (AvgIpc) is 3.32. The van der Waals surface area contributed by atoms with Crippen LogP contribution in [0.4, 0.5) is 0 Å². The molecule has 0 saturated heterocycles. The Morgan fingerprint density at radius 2 is 1.95 bits per heavy atom. The van der Waals surface area contributed by atoms with Gasteiger partial charge in [-0.1, -0.05) is 18.2 Å². The van der Waals surface area contributed by atoms with Crippen LogP contribution < -0.4 is 5.32 Å². The number of pyridine rings is 1. The summed E-state index contributed by atoms with van der Waals surface area (Å²) in [5.41, 5.74) is 2.69. The molecular weight excluding hydrogens is 264 g/mol. The summed E-state index contributed by atoms with van der Waals surface area (Å²) in [6.07, 6.45) is 7.55. The van der Waals surface area contributed by atoms with Crippen molar-refractivity contribution in [1.82, 2.24) is 10.3 Å². The maximum Gasteiger partial charge on any atom is 0.0300 e. The van der Waals surface area contributed by atoms with Crippen LogP contribution in [0.5, 0.6) is 0 Å². The number of hydrogen-bond donors (Lipinski definition) is 1. The fourth-order valence-electron chi connectivity index (χ4n) is 2.09. The van der Waals surface area contributed by atoms with Crippen molar-refractivity contribution < 1.29 is 0 Å². The summed E-state index contributed by atoms with van der Waals surface area (Å²) in [4.78, 5) is 5.50. The zero-order valence-corrected chi connectivity index (χ0v) is 12.4. The van der Waals surface area contributed by atoms with E-state index in [1.165, 1.54) is 28.9 Å². The van der Waals surface area contributed by atoms with Gasteiger partial charge in [-0.25, -0.2) is 0 Å². The molecule has 1 N–H and O–H groups in total. The summed E-state index contributed by atoms with van der Waals surface area (Å²) < 4.78 is 0. The molecule has 2 nitrogen and oxygen atoms in total. The van der Waals surface area contributed by atoms with Gasteiger partial charge in [0.25, 0.3) is 0 Å². The predicted octanol–water partition coefficient (Wildman–Crippen LogP) is 3.67. The Balaban J connectivity index is 1.43. The maximum atomic E-state index is 4.15. The maximum absolute atomic E-state index is 4.15. The molecule has 3 heteroatoms. The van der Waals surface area contributed by atoms with Crippen LogP contribution in [-0.4, -0.2) is 16.8 Å². The van der Waals surface area contributed by atoms with E-state index in [0.29, 0.717) is 0 Å². The summed E-state index contributed by atoms with van der Waals surface area (Å²) in [7, 11) is 0. The first-order chi connectivity index (χ1) is 9.90. The van der Waals surface area contributed by atoms with Crippen molar-refractivity contribution in [3.63, 3.8) is 0 Å². The van der Waals surface area contributed by atoms with Gasteiger partial charge < -0.3 is 5.32 Å². The molecule has 0 unspecified atom stereocenters. The zero-order chi connectivity index (χ0) is 13.6. The first kappa shape index (κ1) is 13.7. The van der Waals surface area contributed by atoms with Crippen molar-refractivity contribution in [3.8, 4) is 0 Å². The number of aromatic nitrogens is 1. The molecule has 1 aromatic heterocycles. The lowest BCUT2D eigenvalue weighted by atomic mass is 10.2. The van der Waals surface area contributed by atoms with Gasteiger partial charge in [-0.2, -0.15) is 0 Å². The molecule has 0 radical (unpaired) electrons. The SMILES string of the molecule is c1cncc(CCSc2ccc(CNC3CC3)cc2)c1. The summed E-state index contributed by atoms with van der Waals surface area (Å²) >= 11 is 1.91. The number of hydrogen-bond acceptors (Lipinski definition) is 3. The minimum atomic E-state index is 0.781. The lowest BCUT2D eigenvalue weighted by Gasteiger charge is -2.05. The van der Waals surface area contributed by atoms with Crippen molar-refractivity contribution in [2.24, 2.45) is 0 Å². The highest BCUT2D eigenvalue weighted by Crippen LogP contribution is 2.21. The predicted molar refractivity (Wildman–Crippen MR) is 85.0 cm³/mol. The molecule has 104 valence electrons. The lowest BCUT2D eigenvalue weighted by molar-refractivity contribution is 0.687. The van der Waals surface area contributed by atoms with Gasteiger partial charge in [0.1, 0.15) is 0 Å². The summed E-state index contributed by atoms with van der Waals surface area (Å²) in [5.74, 6) is 1.10. The fourth-order valence-corrected chi connectivity index (χ4v) is 2.99. The smallest absolute Gasteiger partial charge is 0.0300 e. The van der Waals surface area contributed by atoms with Crippen LogP contribution in [-0.2, 0) is 13.0 Å². The van der Waals surface area contributed by atoms with Crippen LogP contribution >= 0.6 is 11.8 Å². The molecule has 1 aromatic carbocycles. The Bertz CT molecular complexity index is 520. The van der Waals surface area contributed by atoms with Gasteiger partial charge >= 0.3 is 0 Å². The number of nitrogens with zero attached hydrogens (tertiary/aromatic N) is 1. The molecule has 1 heterocycles. The van der Waals surface area contributed by atoms with E-state index >= 15 is 0 Å². The largest absolute Gasteiger partial charge is 0.310 e. The highest BCUT2D eigenvalue weighted by Gasteiger charge is 2.19. The molecule has 1 aliphatic rings. The van der Waals surface area contributed by atoms with E-state index in [-0.39, 0.29) is 0 Å². The Morgan fingerprint density at radius 3 is 2.65 bits per heavy atom. The minimum absolute atomic E-state index is 0.781. The Kier molecular flexibility index (Phi) is 4.72. The van der Waals surface area contributed by atoms with Gasteiger partial charge in [-0.05, 0) is 48.6 Å². The van der Waals surface area contributed by atoms with Crippen LogP contribution in [0.25, 0.3) is 0 Å². The summed E-state index contributed by atoms with van der Waals surface area (Å²) in [5, 5.41) is 3.54. The second kappa shape index (κ2) is 6.91. The first-order valence-electron chi connectivity index (χ1n) is 7.24. The fraction of sp³-hybridized carbons (Fsp3) is 0.353. The molecule has 2 aromatic rings. The van der Waals surface area contributed by atoms with Gasteiger partial charge in [-0.3, -0.25) is 4.98 Å². The van der Waals surface area contributed by atoms with Gasteiger partial charge in [0, 0.05) is 35.6 Å². The third-order valence-corrected chi connectivity index (χ3v) is 4.49. The lowest BCUT2D eigenvalue weighted by Crippen LogP contribution is -2.14. The molecule has 0 bridgehead atoms. The highest BCUT2D eigenvalue weighted by molar-refractivity contribution is 7.99. The van der Waals surface area contributed by atoms with E-state index in [1.54, 1.807) is 0 Å². The normalized spacial score (nSPS) is 14.4. The van der Waals surface area contributed by atoms with E-state index in [9.17, 15) is 0 Å². The van der Waals surface area contributed by atoms with E-state index in [0.717, 1.165) is 24.8 Å². The van der Waals surface area contributed by atoms with Gasteiger partial charge in [0.15, 0.2) is 0 Å². The van der Waals surface area contributed by atoms with Crippen LogP contribution in [0, 0.1) is 0 Å². The number of aryl methyl sites for hydroxylation is 1. The second-order valence-electron chi connectivity index (χ2n) is 5.26. The Hall–Kier alpha value is -1.32. The van der Waals surface area contributed by atoms with Crippen molar-refractivity contribution >= 4 is 11.8 Å². The van der Waals surface area contributed by atoms with Crippen molar-refractivity contribution in [3.05, 3.63) is 59.9 Å². The summed E-state index contributed by atoms with van der Waals surface area (Å²) in [6.45, 7) is 1.01. The van der Waals surface area contributed by atoms with Gasteiger partial charge in [0.05, 0.1) is 0 Å². The average molecular weight is 284 g/mol. The Labute approximate surface area is 125 Å². The molecular formula is C17H20N2S. The van der Waals surface area contributed by atoms with E-state index in [2.05, 4.69) is 40.6 Å². The van der Waals surface area contributed by atoms with Crippen LogP contribution in [0.2, 0.25) is 0 Å². The highest BCUT2D eigenvalue weighted by atomic mass is 32.2. The summed E-state index contributed by atoms with van der Waals surface area (Å²) in [6, 6.07) is 13.9. The molecule has 0 amide bonds. The van der Waals surface area contributed by atoms with E-state index in [4.69, 9.17) is 0 Å². The van der Waals surface area contributed by atoms with Crippen LogP contribution in [0.3, 0.4) is 0 Å². The van der Waals surface area contributed by atoms with Crippen molar-refractivity contribution in [2.45, 2.75) is 36.7 Å². The minimum Gasteiger partial charge on any atom is -0.310 e. The third-order valence-electron chi connectivity index (χ3n) is 3.48. The standard InChI is InChI=1S/C17H20N2S/c1-2-14(12-18-10-1)9-11-20-17-7-3-15(4-8-17)13-19-16-5-6-16/h1-4,7-8,10,12,16,19H,5-6,9,11,13H2. The molecule has 1 saturated carbocycles. The van der Waals surface area contributed by atoms with Gasteiger partial charge in [0.2, 0.25) is 0 Å². The zero-order valence-electron chi connectivity index (χ0n) is 11.6. The van der Waals surface area contributed by atoms with E-state index in [1.807, 2.05) is 30.2 Å². The Morgan fingerprint density at radius 1 is 1.10 bits per heavy atom. The number of thioether (sulfide) groups is 1. The van der Waals surface area contributed by atoms with Crippen LogP contribution in [0.15, 0.2) is 53.7 Å². The molecule has 0 atom stereocenters. The molecule has 0 aliphatic heterocycles. The van der Waals surface area contributed by atoms with Gasteiger partial charge in [-0.15, -0.1) is 11.8 Å². The van der Waals surface area contributed by atoms with Crippen molar-refractivity contribution in [1.29, 1.82) is 0 Å². The van der Waals surface area contributed by atoms with Crippen LogP contribution in [0.1, 0.15) is 24.0 Å². The quantitative estimate of drug-likeness (QED) is 0.785. The first-order valence-corrected chi connectivity index (χ1v) is 8.23. The molecule has 20 heavy (non-hydrogen) atoms. The number of benzene rings is 1. The monoisotopic (exact) mass is 284 g/mol. The number of rotatable bonds is 7. The van der Waals surface area contributed by atoms with E-state index < -0.39 is 0 Å². The van der Waals surface area contributed by atoms with Crippen molar-refractivity contribution in [2.75, 3.05) is 5.75 Å². The third kappa shape index (κ3) is 4.36.